The Labute approximate surface area is 346 Å². The van der Waals surface area contributed by atoms with Crippen molar-refractivity contribution >= 4 is 71.0 Å². The lowest BCUT2D eigenvalue weighted by atomic mass is 9.93. The zero-order valence-corrected chi connectivity index (χ0v) is 34.5. The quantitative estimate of drug-likeness (QED) is 0.0169. The van der Waals surface area contributed by atoms with Crippen molar-refractivity contribution in [3.05, 3.63) is 0 Å². The summed E-state index contributed by atoms with van der Waals surface area (Å²) in [5.41, 5.74) is 6.90. The number of thioether (sulfide) groups is 1. The number of rotatable bonds is 28. The van der Waals surface area contributed by atoms with E-state index < -0.39 is 90.9 Å². The summed E-state index contributed by atoms with van der Waals surface area (Å²) >= 11 is 1.82. The third kappa shape index (κ3) is 19.4. The van der Waals surface area contributed by atoms with Crippen molar-refractivity contribution in [1.82, 2.24) is 48.0 Å². The highest BCUT2D eigenvalue weighted by molar-refractivity contribution is 8.00. The molecule has 2 rings (SSSR count). The van der Waals surface area contributed by atoms with E-state index in [9.17, 15) is 47.9 Å². The van der Waals surface area contributed by atoms with Crippen molar-refractivity contribution in [2.45, 2.75) is 127 Å². The molecule has 0 aromatic carbocycles. The minimum absolute atomic E-state index is 0.00658. The Hall–Kier alpha value is -5.19. The highest BCUT2D eigenvalue weighted by Gasteiger charge is 2.42. The molecule has 23 heteroatoms. The molecule has 22 nitrogen and oxygen atoms in total. The van der Waals surface area contributed by atoms with E-state index in [-0.39, 0.29) is 55.6 Å². The first kappa shape index (κ1) is 50.0. The van der Waals surface area contributed by atoms with Crippen LogP contribution in [0.2, 0.25) is 0 Å². The van der Waals surface area contributed by atoms with Crippen molar-refractivity contribution in [3.8, 4) is 0 Å². The van der Waals surface area contributed by atoms with Crippen LogP contribution in [0.25, 0.3) is 0 Å². The van der Waals surface area contributed by atoms with Crippen LogP contribution in [-0.4, -0.2) is 130 Å². The van der Waals surface area contributed by atoms with Gasteiger partial charge in [-0.25, -0.2) is 10.3 Å². The van der Waals surface area contributed by atoms with Gasteiger partial charge in [-0.2, -0.15) is 11.8 Å². The molecule has 0 spiro atoms. The number of nitrogens with one attached hydrogen (secondary N) is 9. The molecule has 332 valence electrons. The summed E-state index contributed by atoms with van der Waals surface area (Å²) in [6, 6.07) is -3.54. The Bertz CT molecular complexity index is 1520. The van der Waals surface area contributed by atoms with Gasteiger partial charge in [-0.3, -0.25) is 48.4 Å². The molecule has 0 bridgehead atoms. The van der Waals surface area contributed by atoms with Crippen molar-refractivity contribution < 1.29 is 58.3 Å². The van der Waals surface area contributed by atoms with Gasteiger partial charge in [0.15, 0.2) is 0 Å². The number of hydrogen-bond acceptors (Lipinski definition) is 12. The fraction of sp³-hybridized carbons (Fsp3) is 0.722. The topological polar surface area (TPSA) is 345 Å². The van der Waals surface area contributed by atoms with Gasteiger partial charge in [0, 0.05) is 42.7 Å². The molecule has 10 amide bonds. The molecule has 2 aliphatic heterocycles. The molecule has 59 heavy (non-hydrogen) atoms. The number of aliphatic carboxylic acids is 1. The third-order valence-corrected chi connectivity index (χ3v) is 11.1. The molecule has 0 saturated carbocycles. The zero-order valence-electron chi connectivity index (χ0n) is 33.7. The van der Waals surface area contributed by atoms with Gasteiger partial charge in [0.25, 0.3) is 0 Å². The third-order valence-electron chi connectivity index (χ3n) is 9.59. The largest absolute Gasteiger partial charge is 0.481 e. The number of fused-ring (bicyclic) bond motifs is 1. The van der Waals surface area contributed by atoms with E-state index in [0.29, 0.717) is 37.5 Å². The standard InChI is InChI=1S/C36H60N10O12S/c1-19(2)14-21(15-27(48)46-58)34(55)41-20(3)33(54)43-23(11-12-30(51)52)35(56)40-16-28(49)39-17-29(50)42-22(32(37)53)8-6-7-13-38-26(47)10-5-4-9-25-31-24(18-59-25)44-36(57)45-31/h19-25,31,58H,4-18H2,1-3H3,(H2,37,53)(H,38,47)(H,39,49)(H,40,56)(H,41,55)(H,42,50)(H,43,54)(H,46,48)(H,51,52)(H2,44,45,57)/t20-,21?,22-,23-,24-,25-,31-/m0/s1. The molecule has 2 saturated heterocycles. The molecular formula is C36H60N10O12S. The normalized spacial score (nSPS) is 18.7. The Morgan fingerprint density at radius 2 is 1.47 bits per heavy atom. The van der Waals surface area contributed by atoms with Crippen LogP contribution in [-0.2, 0) is 43.2 Å². The van der Waals surface area contributed by atoms with Gasteiger partial charge in [0.05, 0.1) is 25.2 Å². The fourth-order valence-corrected chi connectivity index (χ4v) is 8.02. The molecule has 2 fully saturated rings. The highest BCUT2D eigenvalue weighted by Crippen LogP contribution is 2.33. The average Bonchev–Trinajstić information content (AvgIpc) is 3.73. The van der Waals surface area contributed by atoms with Crippen LogP contribution >= 0.6 is 11.8 Å². The van der Waals surface area contributed by atoms with Crippen LogP contribution < -0.4 is 53.7 Å². The molecule has 2 aliphatic rings. The number of carboxylic acid groups (broad SMARTS) is 1. The van der Waals surface area contributed by atoms with E-state index in [0.717, 1.165) is 18.6 Å². The number of hydroxylamine groups is 1. The van der Waals surface area contributed by atoms with Gasteiger partial charge in [-0.15, -0.1) is 0 Å². The van der Waals surface area contributed by atoms with E-state index in [1.165, 1.54) is 12.4 Å². The molecule has 0 aromatic heterocycles. The molecule has 1 unspecified atom stereocenters. The van der Waals surface area contributed by atoms with E-state index in [4.69, 9.17) is 16.0 Å². The number of nitrogens with two attached hydrogens (primary N) is 1. The fourth-order valence-electron chi connectivity index (χ4n) is 6.48. The summed E-state index contributed by atoms with van der Waals surface area (Å²) in [5.74, 6) is -6.96. The van der Waals surface area contributed by atoms with E-state index in [1.807, 2.05) is 25.6 Å². The second-order valence-electron chi connectivity index (χ2n) is 15.0. The van der Waals surface area contributed by atoms with E-state index >= 15 is 0 Å². The van der Waals surface area contributed by atoms with Crippen LogP contribution in [0.15, 0.2) is 0 Å². The lowest BCUT2D eigenvalue weighted by Crippen LogP contribution is -2.54. The molecular weight excluding hydrogens is 797 g/mol. The predicted octanol–water partition coefficient (Wildman–Crippen LogP) is -2.39. The van der Waals surface area contributed by atoms with Crippen molar-refractivity contribution in [2.24, 2.45) is 17.6 Å². The number of primary amides is 1. The maximum absolute atomic E-state index is 12.9. The number of carbonyl (C=O) groups excluding carboxylic acids is 9. The Morgan fingerprint density at radius 3 is 2.14 bits per heavy atom. The Balaban J connectivity index is 1.70. The predicted molar refractivity (Wildman–Crippen MR) is 212 cm³/mol. The summed E-state index contributed by atoms with van der Waals surface area (Å²) in [5, 5.41) is 38.8. The smallest absolute Gasteiger partial charge is 0.315 e. The summed E-state index contributed by atoms with van der Waals surface area (Å²) < 4.78 is 0. The van der Waals surface area contributed by atoms with Gasteiger partial charge < -0.3 is 53.4 Å². The number of carbonyl (C=O) groups is 10. The Kier molecular flexibility index (Phi) is 22.0. The summed E-state index contributed by atoms with van der Waals surface area (Å²) in [6.45, 7) is 4.07. The van der Waals surface area contributed by atoms with Crippen molar-refractivity contribution in [1.29, 1.82) is 0 Å². The first-order valence-electron chi connectivity index (χ1n) is 19.7. The van der Waals surface area contributed by atoms with Crippen molar-refractivity contribution in [2.75, 3.05) is 25.4 Å². The molecule has 0 radical (unpaired) electrons. The van der Waals surface area contributed by atoms with Gasteiger partial charge >= 0.3 is 12.0 Å². The number of unbranched alkanes of at least 4 members (excludes halogenated alkanes) is 2. The number of hydrogen-bond donors (Lipinski definition) is 12. The van der Waals surface area contributed by atoms with Crippen LogP contribution in [0.3, 0.4) is 0 Å². The second kappa shape index (κ2) is 26.0. The monoisotopic (exact) mass is 856 g/mol. The zero-order chi connectivity index (χ0) is 44.1. The number of carboxylic acids is 1. The molecule has 7 atom stereocenters. The first-order chi connectivity index (χ1) is 27.9. The average molecular weight is 857 g/mol. The summed E-state index contributed by atoms with van der Waals surface area (Å²) in [7, 11) is 0. The van der Waals surface area contributed by atoms with Crippen LogP contribution in [0.5, 0.6) is 0 Å². The van der Waals surface area contributed by atoms with Gasteiger partial charge in [0.2, 0.25) is 47.3 Å². The van der Waals surface area contributed by atoms with Crippen LogP contribution in [0.4, 0.5) is 4.79 Å². The van der Waals surface area contributed by atoms with Crippen molar-refractivity contribution in [3.63, 3.8) is 0 Å². The summed E-state index contributed by atoms with van der Waals surface area (Å²) in [4.78, 5) is 122. The van der Waals surface area contributed by atoms with Gasteiger partial charge in [0.1, 0.15) is 18.1 Å². The molecule has 13 N–H and O–H groups in total. The molecule has 0 aromatic rings. The highest BCUT2D eigenvalue weighted by atomic mass is 32.2. The minimum atomic E-state index is -1.43. The first-order valence-corrected chi connectivity index (χ1v) is 20.8. The lowest BCUT2D eigenvalue weighted by molar-refractivity contribution is -0.138. The van der Waals surface area contributed by atoms with Gasteiger partial charge in [-0.05, 0) is 57.8 Å². The van der Waals surface area contributed by atoms with Gasteiger partial charge in [-0.1, -0.05) is 20.3 Å². The maximum Gasteiger partial charge on any atom is 0.315 e. The summed E-state index contributed by atoms with van der Waals surface area (Å²) in [6.07, 6.45) is 3.00. The van der Waals surface area contributed by atoms with Crippen LogP contribution in [0.1, 0.15) is 91.4 Å². The van der Waals surface area contributed by atoms with E-state index in [2.05, 4.69) is 42.5 Å². The van der Waals surface area contributed by atoms with Crippen LogP contribution in [0, 0.1) is 11.8 Å². The number of amides is 10. The SMILES string of the molecule is CC(C)CC(CC(=O)NO)C(=O)N[C@@H](C)C(=O)N[C@@H](CCC(=O)O)C(=O)NCC(=O)NCC(=O)N[C@@H](CCCCNC(=O)CCCC[C@@H]1SC[C@@H]2NC(=O)N[C@@H]21)C(N)=O. The molecule has 0 aliphatic carbocycles. The van der Waals surface area contributed by atoms with E-state index in [1.54, 1.807) is 0 Å². The minimum Gasteiger partial charge on any atom is -0.481 e. The second-order valence-corrected chi connectivity index (χ2v) is 16.3. The molecule has 2 heterocycles. The maximum atomic E-state index is 12.9. The Morgan fingerprint density at radius 1 is 0.763 bits per heavy atom. The number of urea groups is 1. The lowest BCUT2D eigenvalue weighted by Gasteiger charge is -2.23.